The molecule has 0 aliphatic carbocycles. The largest absolute Gasteiger partial charge is 0.493 e. The third-order valence-electron chi connectivity index (χ3n) is 5.80. The van der Waals surface area contributed by atoms with Crippen LogP contribution in [-0.4, -0.2) is 20.2 Å². The lowest BCUT2D eigenvalue weighted by Gasteiger charge is -2.29. The van der Waals surface area contributed by atoms with Gasteiger partial charge in [-0.2, -0.15) is 0 Å². The van der Waals surface area contributed by atoms with E-state index in [1.54, 1.807) is 7.11 Å². The fraction of sp³-hybridized carbons (Fsp3) is 0.308. The second kappa shape index (κ2) is 11.4. The summed E-state index contributed by atoms with van der Waals surface area (Å²) in [5.41, 5.74) is 4.07. The third-order valence-corrected chi connectivity index (χ3v) is 7.21. The lowest BCUT2D eigenvalue weighted by molar-refractivity contribution is 0.284. The van der Waals surface area contributed by atoms with Gasteiger partial charge in [-0.3, -0.25) is 0 Å². The first-order chi connectivity index (χ1) is 16.0. The molecule has 1 aliphatic rings. The maximum Gasteiger partial charge on any atom is 0.162 e. The summed E-state index contributed by atoms with van der Waals surface area (Å²) in [5, 5.41) is 4.92. The van der Waals surface area contributed by atoms with Crippen molar-refractivity contribution < 1.29 is 9.47 Å². The summed E-state index contributed by atoms with van der Waals surface area (Å²) in [6.07, 6.45) is 3.75. The molecule has 1 fully saturated rings. The second-order valence-corrected chi connectivity index (χ2v) is 9.71. The van der Waals surface area contributed by atoms with Gasteiger partial charge >= 0.3 is 0 Å². The van der Waals surface area contributed by atoms with Gasteiger partial charge in [-0.25, -0.2) is 0 Å². The van der Waals surface area contributed by atoms with Crippen molar-refractivity contribution in [3.05, 3.63) is 80.2 Å². The van der Waals surface area contributed by atoms with Gasteiger partial charge < -0.3 is 19.7 Å². The monoisotopic (exact) mass is 548 g/mol. The highest BCUT2D eigenvalue weighted by atomic mass is 79.9. The van der Waals surface area contributed by atoms with Crippen LogP contribution < -0.4 is 19.7 Å². The van der Waals surface area contributed by atoms with Gasteiger partial charge in [0.25, 0.3) is 0 Å². The summed E-state index contributed by atoms with van der Waals surface area (Å²) in [6, 6.07) is 17.7. The minimum absolute atomic E-state index is 0.363. The lowest BCUT2D eigenvalue weighted by Crippen LogP contribution is -2.29. The molecule has 0 spiro atoms. The van der Waals surface area contributed by atoms with Crippen LogP contribution in [0.15, 0.2) is 59.1 Å². The van der Waals surface area contributed by atoms with Crippen molar-refractivity contribution >= 4 is 50.5 Å². The first-order valence-corrected chi connectivity index (χ1v) is 12.6. The molecular weight excluding hydrogens is 523 g/mol. The summed E-state index contributed by atoms with van der Waals surface area (Å²) in [4.78, 5) is 2.37. The van der Waals surface area contributed by atoms with Crippen LogP contribution >= 0.6 is 39.1 Å². The number of piperidine rings is 1. The normalized spacial score (nSPS) is 13.6. The number of methoxy groups -OCH3 is 1. The number of rotatable bonds is 8. The molecule has 4 nitrogen and oxygen atoms in total. The van der Waals surface area contributed by atoms with Gasteiger partial charge in [-0.1, -0.05) is 57.3 Å². The van der Waals surface area contributed by atoms with Gasteiger partial charge in [0.05, 0.1) is 17.8 Å². The van der Waals surface area contributed by atoms with Crippen LogP contribution in [0.4, 0.5) is 11.4 Å². The molecule has 0 radical (unpaired) electrons. The molecular formula is C26H27BrCl2N2O2. The summed E-state index contributed by atoms with van der Waals surface area (Å²) in [6.45, 7) is 3.12. The Hall–Kier alpha value is -2.08. The van der Waals surface area contributed by atoms with E-state index >= 15 is 0 Å². The van der Waals surface area contributed by atoms with Crippen LogP contribution in [-0.2, 0) is 13.2 Å². The predicted octanol–water partition coefficient (Wildman–Crippen LogP) is 7.95. The van der Waals surface area contributed by atoms with Crippen molar-refractivity contribution in [2.75, 3.05) is 30.4 Å². The fourth-order valence-corrected chi connectivity index (χ4v) is 4.91. The van der Waals surface area contributed by atoms with Crippen molar-refractivity contribution in [1.82, 2.24) is 0 Å². The number of hydrogen-bond donors (Lipinski definition) is 1. The smallest absolute Gasteiger partial charge is 0.162 e. The van der Waals surface area contributed by atoms with E-state index in [1.807, 2.05) is 42.5 Å². The highest BCUT2D eigenvalue weighted by Gasteiger charge is 2.15. The summed E-state index contributed by atoms with van der Waals surface area (Å²) in [5.74, 6) is 1.32. The highest BCUT2D eigenvalue weighted by Crippen LogP contribution is 2.36. The number of nitrogens with one attached hydrogen (secondary N) is 1. The quantitative estimate of drug-likeness (QED) is 0.309. The van der Waals surface area contributed by atoms with Crippen LogP contribution in [0.2, 0.25) is 10.0 Å². The van der Waals surface area contributed by atoms with E-state index in [4.69, 9.17) is 32.7 Å². The molecule has 174 valence electrons. The highest BCUT2D eigenvalue weighted by molar-refractivity contribution is 9.10. The molecule has 7 heteroatoms. The Kier molecular flexibility index (Phi) is 8.29. The Morgan fingerprint density at radius 2 is 1.70 bits per heavy atom. The minimum atomic E-state index is 0.363. The average molecular weight is 550 g/mol. The minimum Gasteiger partial charge on any atom is -0.493 e. The van der Waals surface area contributed by atoms with Crippen molar-refractivity contribution in [3.63, 3.8) is 0 Å². The maximum absolute atomic E-state index is 6.60. The first kappa shape index (κ1) is 24.1. The van der Waals surface area contributed by atoms with E-state index in [-0.39, 0.29) is 0 Å². The molecule has 3 aromatic rings. The standard InChI is InChI=1S/C26H27BrCl2N2O2/c1-32-25-13-19(21(27)15-26(25)33-17-18-7-3-4-8-22(18)28)16-30-20-9-10-24(23(29)14-20)31-11-5-2-6-12-31/h3-4,7-10,13-15,30H,2,5-6,11-12,16-17H2,1H3. The predicted molar refractivity (Wildman–Crippen MR) is 141 cm³/mol. The van der Waals surface area contributed by atoms with E-state index < -0.39 is 0 Å². The molecule has 3 aromatic carbocycles. The summed E-state index contributed by atoms with van der Waals surface area (Å²) < 4.78 is 12.5. The first-order valence-electron chi connectivity index (χ1n) is 11.1. The Morgan fingerprint density at radius 3 is 2.42 bits per heavy atom. The van der Waals surface area contributed by atoms with E-state index in [9.17, 15) is 0 Å². The van der Waals surface area contributed by atoms with Gasteiger partial charge in [-0.05, 0) is 61.2 Å². The topological polar surface area (TPSA) is 33.7 Å². The zero-order valence-corrected chi connectivity index (χ0v) is 21.6. The summed E-state index contributed by atoms with van der Waals surface area (Å²) in [7, 11) is 1.64. The van der Waals surface area contributed by atoms with E-state index in [0.29, 0.717) is 29.7 Å². The van der Waals surface area contributed by atoms with Gasteiger partial charge in [0.1, 0.15) is 6.61 Å². The van der Waals surface area contributed by atoms with Crippen LogP contribution in [0.25, 0.3) is 0 Å². The Morgan fingerprint density at radius 1 is 0.909 bits per heavy atom. The van der Waals surface area contributed by atoms with Crippen LogP contribution in [0.1, 0.15) is 30.4 Å². The molecule has 0 amide bonds. The molecule has 0 bridgehead atoms. The number of halogens is 3. The average Bonchev–Trinajstić information content (AvgIpc) is 2.83. The molecule has 33 heavy (non-hydrogen) atoms. The molecule has 0 atom stereocenters. The SMILES string of the molecule is COc1cc(CNc2ccc(N3CCCCC3)c(Cl)c2)c(Br)cc1OCc1ccccc1Cl. The zero-order chi connectivity index (χ0) is 23.2. The van der Waals surface area contributed by atoms with Crippen LogP contribution in [0, 0.1) is 0 Å². The Labute approximate surface area is 213 Å². The van der Waals surface area contributed by atoms with E-state index in [0.717, 1.165) is 45.1 Å². The molecule has 0 unspecified atom stereocenters. The van der Waals surface area contributed by atoms with Gasteiger partial charge in [0, 0.05) is 40.4 Å². The van der Waals surface area contributed by atoms with Crippen LogP contribution in [0.5, 0.6) is 11.5 Å². The van der Waals surface area contributed by atoms with Gasteiger partial charge in [0.15, 0.2) is 11.5 Å². The molecule has 1 N–H and O–H groups in total. The van der Waals surface area contributed by atoms with Gasteiger partial charge in [-0.15, -0.1) is 0 Å². The molecule has 4 rings (SSSR count). The number of nitrogens with zero attached hydrogens (tertiary/aromatic N) is 1. The van der Waals surface area contributed by atoms with E-state index in [2.05, 4.69) is 38.3 Å². The molecule has 0 aromatic heterocycles. The van der Waals surface area contributed by atoms with Crippen molar-refractivity contribution in [2.24, 2.45) is 0 Å². The van der Waals surface area contributed by atoms with Crippen molar-refractivity contribution in [2.45, 2.75) is 32.4 Å². The number of hydrogen-bond acceptors (Lipinski definition) is 4. The number of benzene rings is 3. The second-order valence-electron chi connectivity index (χ2n) is 8.04. The maximum atomic E-state index is 6.60. The van der Waals surface area contributed by atoms with E-state index in [1.165, 1.54) is 19.3 Å². The lowest BCUT2D eigenvalue weighted by atomic mass is 10.1. The van der Waals surface area contributed by atoms with Crippen LogP contribution in [0.3, 0.4) is 0 Å². The molecule has 1 saturated heterocycles. The van der Waals surface area contributed by atoms with Gasteiger partial charge in [0.2, 0.25) is 0 Å². The van der Waals surface area contributed by atoms with Crippen molar-refractivity contribution in [3.8, 4) is 11.5 Å². The number of ether oxygens (including phenoxy) is 2. The number of anilines is 2. The third kappa shape index (κ3) is 6.08. The zero-order valence-electron chi connectivity index (χ0n) is 18.5. The Balaban J connectivity index is 1.43. The Bertz CT molecular complexity index is 1100. The molecule has 0 saturated carbocycles. The van der Waals surface area contributed by atoms with Crippen molar-refractivity contribution in [1.29, 1.82) is 0 Å². The summed E-state index contributed by atoms with van der Waals surface area (Å²) >= 11 is 16.5. The fourth-order valence-electron chi connectivity index (χ4n) is 3.96. The molecule has 1 aliphatic heterocycles. The molecule has 1 heterocycles.